The Hall–Kier alpha value is -2.02. The van der Waals surface area contributed by atoms with Gasteiger partial charge in [0.15, 0.2) is 0 Å². The molecule has 20 heavy (non-hydrogen) atoms. The van der Waals surface area contributed by atoms with E-state index in [1.807, 2.05) is 0 Å². The molecule has 7 heteroatoms. The average Bonchev–Trinajstić information content (AvgIpc) is 2.39. The van der Waals surface area contributed by atoms with Gasteiger partial charge in [0.1, 0.15) is 5.82 Å². The Kier molecular flexibility index (Phi) is 4.29. The van der Waals surface area contributed by atoms with E-state index >= 15 is 0 Å². The first-order valence-electron chi connectivity index (χ1n) is 5.59. The van der Waals surface area contributed by atoms with Gasteiger partial charge in [-0.1, -0.05) is 22.0 Å². The van der Waals surface area contributed by atoms with Crippen molar-refractivity contribution in [2.24, 2.45) is 0 Å². The molecule has 0 saturated heterocycles. The van der Waals surface area contributed by atoms with E-state index in [1.54, 1.807) is 12.1 Å². The third-order valence-electron chi connectivity index (χ3n) is 2.62. The summed E-state index contributed by atoms with van der Waals surface area (Å²) in [4.78, 5) is 9.70. The summed E-state index contributed by atoms with van der Waals surface area (Å²) in [5, 5.41) is 13.3. The van der Waals surface area contributed by atoms with Crippen molar-refractivity contribution < 1.29 is 13.7 Å². The van der Waals surface area contributed by atoms with Crippen LogP contribution in [0.25, 0.3) is 0 Å². The highest BCUT2D eigenvalue weighted by atomic mass is 79.9. The minimum Gasteiger partial charge on any atom is -0.379 e. The molecular weight excluding hydrogens is 334 g/mol. The van der Waals surface area contributed by atoms with Crippen molar-refractivity contribution in [3.63, 3.8) is 0 Å². The zero-order valence-corrected chi connectivity index (χ0v) is 11.7. The Balaban J connectivity index is 2.13. The molecule has 0 saturated carbocycles. The van der Waals surface area contributed by atoms with Gasteiger partial charge in [0.25, 0.3) is 0 Å². The number of nitro benzene ring substituents is 1. The fourth-order valence-corrected chi connectivity index (χ4v) is 2.00. The highest BCUT2D eigenvalue weighted by molar-refractivity contribution is 9.10. The molecule has 1 N–H and O–H groups in total. The minimum absolute atomic E-state index is 0.155. The van der Waals surface area contributed by atoms with Gasteiger partial charge in [-0.2, -0.15) is 4.39 Å². The van der Waals surface area contributed by atoms with Gasteiger partial charge >= 0.3 is 5.69 Å². The van der Waals surface area contributed by atoms with E-state index < -0.39 is 22.2 Å². The number of hydrogen-bond acceptors (Lipinski definition) is 3. The van der Waals surface area contributed by atoms with Crippen LogP contribution in [0.2, 0.25) is 0 Å². The van der Waals surface area contributed by atoms with Crippen molar-refractivity contribution in [2.45, 2.75) is 6.54 Å². The minimum atomic E-state index is -0.913. The van der Waals surface area contributed by atoms with Gasteiger partial charge in [0.05, 0.1) is 10.6 Å². The Morgan fingerprint density at radius 3 is 2.55 bits per heavy atom. The van der Waals surface area contributed by atoms with Gasteiger partial charge in [-0.3, -0.25) is 10.1 Å². The monoisotopic (exact) mass is 342 g/mol. The maximum absolute atomic E-state index is 13.5. The molecule has 104 valence electrons. The lowest BCUT2D eigenvalue weighted by Gasteiger charge is -2.08. The Labute approximate surface area is 121 Å². The van der Waals surface area contributed by atoms with Crippen LogP contribution in [0, 0.1) is 21.7 Å². The lowest BCUT2D eigenvalue weighted by molar-refractivity contribution is -0.387. The van der Waals surface area contributed by atoms with E-state index in [9.17, 15) is 18.9 Å². The van der Waals surface area contributed by atoms with Gasteiger partial charge < -0.3 is 5.32 Å². The molecule has 4 nitrogen and oxygen atoms in total. The molecule has 0 aliphatic rings. The van der Waals surface area contributed by atoms with E-state index in [-0.39, 0.29) is 12.2 Å². The van der Waals surface area contributed by atoms with Gasteiger partial charge in [-0.25, -0.2) is 4.39 Å². The van der Waals surface area contributed by atoms with Gasteiger partial charge in [-0.15, -0.1) is 0 Å². The fraction of sp³-hybridized carbons (Fsp3) is 0.0769. The van der Waals surface area contributed by atoms with E-state index in [4.69, 9.17) is 0 Å². The van der Waals surface area contributed by atoms with Crippen LogP contribution in [0.15, 0.2) is 40.9 Å². The quantitative estimate of drug-likeness (QED) is 0.667. The number of hydrogen-bond donors (Lipinski definition) is 1. The van der Waals surface area contributed by atoms with Crippen LogP contribution in [-0.2, 0) is 6.54 Å². The summed E-state index contributed by atoms with van der Waals surface area (Å²) in [5.41, 5.74) is 0.160. The van der Waals surface area contributed by atoms with Gasteiger partial charge in [0, 0.05) is 17.1 Å². The van der Waals surface area contributed by atoms with Crippen molar-refractivity contribution in [3.05, 3.63) is 68.2 Å². The third-order valence-corrected chi connectivity index (χ3v) is 3.11. The highest BCUT2D eigenvalue weighted by Gasteiger charge is 2.13. The normalized spacial score (nSPS) is 10.3. The summed E-state index contributed by atoms with van der Waals surface area (Å²) in [6.07, 6.45) is 0. The summed E-state index contributed by atoms with van der Waals surface area (Å²) in [7, 11) is 0. The molecule has 0 amide bonds. The van der Waals surface area contributed by atoms with Crippen LogP contribution in [-0.4, -0.2) is 4.92 Å². The van der Waals surface area contributed by atoms with E-state index in [1.165, 1.54) is 12.1 Å². The first kappa shape index (κ1) is 14.4. The number of nitrogens with zero attached hydrogens (tertiary/aromatic N) is 1. The summed E-state index contributed by atoms with van der Waals surface area (Å²) in [5.74, 6) is -1.35. The van der Waals surface area contributed by atoms with Crippen LogP contribution < -0.4 is 5.32 Å². The highest BCUT2D eigenvalue weighted by Crippen LogP contribution is 2.22. The molecule has 0 fully saturated rings. The summed E-state index contributed by atoms with van der Waals surface area (Å²) in [6, 6.07) is 7.97. The largest absolute Gasteiger partial charge is 0.379 e. The average molecular weight is 343 g/mol. The van der Waals surface area contributed by atoms with Crippen molar-refractivity contribution >= 4 is 27.3 Å². The Morgan fingerprint density at radius 2 is 1.90 bits per heavy atom. The second kappa shape index (κ2) is 5.96. The molecule has 2 rings (SSSR count). The predicted molar refractivity (Wildman–Crippen MR) is 74.5 cm³/mol. The molecule has 0 aliphatic carbocycles. The maximum Gasteiger partial charge on any atom is 0.304 e. The molecule has 0 atom stereocenters. The van der Waals surface area contributed by atoms with E-state index in [0.717, 1.165) is 12.1 Å². The third kappa shape index (κ3) is 3.30. The first-order valence-corrected chi connectivity index (χ1v) is 6.38. The second-order valence-corrected chi connectivity index (χ2v) is 4.94. The summed E-state index contributed by atoms with van der Waals surface area (Å²) >= 11 is 3.22. The van der Waals surface area contributed by atoms with Crippen LogP contribution >= 0.6 is 15.9 Å². The molecular formula is C13H9BrF2N2O2. The summed E-state index contributed by atoms with van der Waals surface area (Å²) in [6.45, 7) is 0.155. The molecule has 2 aromatic carbocycles. The molecule has 0 spiro atoms. The van der Waals surface area contributed by atoms with Crippen molar-refractivity contribution in [1.29, 1.82) is 0 Å². The number of halogens is 3. The van der Waals surface area contributed by atoms with Gasteiger partial charge in [0.2, 0.25) is 5.82 Å². The summed E-state index contributed by atoms with van der Waals surface area (Å²) < 4.78 is 27.6. The van der Waals surface area contributed by atoms with Crippen LogP contribution in [0.5, 0.6) is 0 Å². The maximum atomic E-state index is 13.5. The number of nitrogens with one attached hydrogen (secondary N) is 1. The van der Waals surface area contributed by atoms with Crippen molar-refractivity contribution in [2.75, 3.05) is 5.32 Å². The smallest absolute Gasteiger partial charge is 0.304 e. The second-order valence-electron chi connectivity index (χ2n) is 4.02. The number of anilines is 1. The predicted octanol–water partition coefficient (Wildman–Crippen LogP) is 4.25. The number of nitro groups is 1. The van der Waals surface area contributed by atoms with Crippen LogP contribution in [0.1, 0.15) is 5.56 Å². The van der Waals surface area contributed by atoms with Gasteiger partial charge in [-0.05, 0) is 29.8 Å². The molecule has 0 bridgehead atoms. The Morgan fingerprint density at radius 1 is 1.15 bits per heavy atom. The first-order chi connectivity index (χ1) is 9.47. The topological polar surface area (TPSA) is 55.2 Å². The van der Waals surface area contributed by atoms with E-state index in [0.29, 0.717) is 10.0 Å². The number of rotatable bonds is 4. The Bertz CT molecular complexity index is 665. The zero-order valence-electron chi connectivity index (χ0n) is 10.1. The zero-order chi connectivity index (χ0) is 14.7. The molecule has 2 aromatic rings. The van der Waals surface area contributed by atoms with E-state index in [2.05, 4.69) is 21.2 Å². The molecule has 0 unspecified atom stereocenters. The number of benzene rings is 2. The van der Waals surface area contributed by atoms with Crippen molar-refractivity contribution in [1.82, 2.24) is 0 Å². The molecule has 0 aliphatic heterocycles. The lowest BCUT2D eigenvalue weighted by Crippen LogP contribution is -2.02. The SMILES string of the molecule is O=[N+]([O-])c1ccc(CNc2cc(Br)ccc2F)cc1F. The molecule has 0 radical (unpaired) electrons. The lowest BCUT2D eigenvalue weighted by atomic mass is 10.2. The van der Waals surface area contributed by atoms with Crippen LogP contribution in [0.4, 0.5) is 20.2 Å². The van der Waals surface area contributed by atoms with Crippen LogP contribution in [0.3, 0.4) is 0 Å². The molecule has 0 heterocycles. The standard InChI is InChI=1S/C13H9BrF2N2O2/c14-9-2-3-10(15)12(6-9)17-7-8-1-4-13(18(19)20)11(16)5-8/h1-6,17H,7H2. The fourth-order valence-electron chi connectivity index (χ4n) is 1.64. The molecule has 0 aromatic heterocycles. The van der Waals surface area contributed by atoms with Crippen molar-refractivity contribution in [3.8, 4) is 0 Å².